The summed E-state index contributed by atoms with van der Waals surface area (Å²) in [6.45, 7) is 0.751. The van der Waals surface area contributed by atoms with E-state index >= 15 is 0 Å². The number of carbonyl (C=O) groups is 2. The molecule has 0 radical (unpaired) electrons. The number of halogens is 2. The van der Waals surface area contributed by atoms with Crippen molar-refractivity contribution >= 4 is 23.0 Å². The van der Waals surface area contributed by atoms with Crippen LogP contribution in [-0.2, 0) is 4.74 Å². The Bertz CT molecular complexity index is 1630. The minimum absolute atomic E-state index is 0.0217. The maximum absolute atomic E-state index is 14.6. The smallest absolute Gasteiger partial charge is 0.410 e. The number of piperidine rings is 1. The minimum Gasteiger partial charge on any atom is -0.440 e. The van der Waals surface area contributed by atoms with Crippen molar-refractivity contribution in [3.8, 4) is 0 Å². The number of nitrogens with one attached hydrogen (secondary N) is 1. The summed E-state index contributed by atoms with van der Waals surface area (Å²) in [7, 11) is 0. The lowest BCUT2D eigenvalue weighted by Gasteiger charge is -2.32. The molecule has 1 unspecified atom stereocenters. The van der Waals surface area contributed by atoms with Gasteiger partial charge in [0.1, 0.15) is 6.10 Å². The number of aromatic amines is 1. The number of amides is 1. The zero-order chi connectivity index (χ0) is 27.1. The van der Waals surface area contributed by atoms with Gasteiger partial charge < -0.3 is 9.64 Å². The number of aromatic nitrogens is 4. The molecule has 0 spiro atoms. The number of Topliss-reactive ketones (excluding diaryl/α,β-unsaturated/α-hetero) is 1. The normalized spacial score (nSPS) is 20.1. The first-order valence-electron chi connectivity index (χ1n) is 12.9. The highest BCUT2D eigenvalue weighted by Gasteiger charge is 2.36. The van der Waals surface area contributed by atoms with Gasteiger partial charge in [0.05, 0.1) is 17.1 Å². The van der Waals surface area contributed by atoms with Crippen LogP contribution in [0.15, 0.2) is 59.7 Å². The molecule has 1 fully saturated rings. The van der Waals surface area contributed by atoms with E-state index in [-0.39, 0.29) is 41.5 Å². The van der Waals surface area contributed by atoms with E-state index in [1.807, 2.05) is 6.07 Å². The Hall–Kier alpha value is -4.41. The van der Waals surface area contributed by atoms with Crippen LogP contribution in [-0.4, -0.2) is 49.4 Å². The Balaban J connectivity index is 1.18. The number of fused-ring (bicyclic) bond motifs is 2. The number of benzene rings is 1. The first-order chi connectivity index (χ1) is 18.9. The predicted molar refractivity (Wildman–Crippen MR) is 136 cm³/mol. The second kappa shape index (κ2) is 10.0. The summed E-state index contributed by atoms with van der Waals surface area (Å²) in [6.07, 6.45) is 3.24. The number of hydrogen-bond donors (Lipinski definition) is 1. The first-order valence-corrected chi connectivity index (χ1v) is 12.9. The first kappa shape index (κ1) is 24.9. The molecule has 0 bridgehead atoms. The number of carbonyl (C=O) groups excluding carboxylic acids is 2. The molecule has 1 saturated heterocycles. The molecule has 1 aromatic carbocycles. The molecule has 1 amide bonds. The van der Waals surface area contributed by atoms with Gasteiger partial charge in [-0.05, 0) is 56.0 Å². The SMILES string of the molecule is O=C1c2cccnc2[C@H](OC(=O)N2CCC(n3c(=O)[nH]c4ncccc43)CC2)CCC1c1cccc(F)c1F. The van der Waals surface area contributed by atoms with E-state index < -0.39 is 29.7 Å². The molecular weight excluding hydrogens is 508 g/mol. The van der Waals surface area contributed by atoms with Gasteiger partial charge >= 0.3 is 11.8 Å². The molecule has 6 rings (SSSR count). The van der Waals surface area contributed by atoms with Crippen LogP contribution in [0.5, 0.6) is 0 Å². The van der Waals surface area contributed by atoms with Crippen LogP contribution in [0, 0.1) is 11.6 Å². The number of likely N-dealkylation sites (tertiary alicyclic amines) is 1. The fraction of sp³-hybridized carbons (Fsp3) is 0.321. The van der Waals surface area contributed by atoms with E-state index in [1.54, 1.807) is 33.9 Å². The number of nitrogens with zero attached hydrogens (tertiary/aromatic N) is 4. The van der Waals surface area contributed by atoms with E-state index in [0.29, 0.717) is 37.3 Å². The highest BCUT2D eigenvalue weighted by Crippen LogP contribution is 2.38. The van der Waals surface area contributed by atoms with Crippen molar-refractivity contribution < 1.29 is 23.1 Å². The van der Waals surface area contributed by atoms with E-state index in [0.717, 1.165) is 11.6 Å². The number of hydrogen-bond acceptors (Lipinski definition) is 6. The van der Waals surface area contributed by atoms with Crippen LogP contribution in [0.1, 0.15) is 65.4 Å². The second-order valence-electron chi connectivity index (χ2n) is 9.84. The average molecular weight is 534 g/mol. The predicted octanol–water partition coefficient (Wildman–Crippen LogP) is 4.67. The summed E-state index contributed by atoms with van der Waals surface area (Å²) in [6, 6.07) is 10.5. The van der Waals surface area contributed by atoms with E-state index in [1.165, 1.54) is 18.3 Å². The van der Waals surface area contributed by atoms with Gasteiger partial charge in [-0.25, -0.2) is 23.4 Å². The summed E-state index contributed by atoms with van der Waals surface area (Å²) >= 11 is 0. The summed E-state index contributed by atoms with van der Waals surface area (Å²) in [5, 5.41) is 0. The summed E-state index contributed by atoms with van der Waals surface area (Å²) < 4.78 is 36.1. The lowest BCUT2D eigenvalue weighted by molar-refractivity contribution is 0.0473. The number of pyridine rings is 2. The zero-order valence-corrected chi connectivity index (χ0v) is 20.8. The maximum Gasteiger partial charge on any atom is 0.410 e. The third-order valence-electron chi connectivity index (χ3n) is 7.62. The van der Waals surface area contributed by atoms with Crippen LogP contribution in [0.2, 0.25) is 0 Å². The summed E-state index contributed by atoms with van der Waals surface area (Å²) in [4.78, 5) is 52.0. The van der Waals surface area contributed by atoms with Crippen LogP contribution < -0.4 is 5.69 Å². The van der Waals surface area contributed by atoms with Crippen molar-refractivity contribution in [2.45, 2.75) is 43.7 Å². The Kier molecular flexibility index (Phi) is 6.41. The van der Waals surface area contributed by atoms with Crippen molar-refractivity contribution in [1.29, 1.82) is 0 Å². The minimum atomic E-state index is -1.05. The van der Waals surface area contributed by atoms with Gasteiger partial charge in [-0.1, -0.05) is 12.1 Å². The number of ketones is 1. The van der Waals surface area contributed by atoms with E-state index in [9.17, 15) is 23.2 Å². The third kappa shape index (κ3) is 4.47. The van der Waals surface area contributed by atoms with Gasteiger partial charge in [0.25, 0.3) is 0 Å². The van der Waals surface area contributed by atoms with Crippen LogP contribution >= 0.6 is 0 Å². The molecule has 1 aliphatic carbocycles. The number of ether oxygens (including phenoxy) is 1. The fourth-order valence-corrected chi connectivity index (χ4v) is 5.68. The van der Waals surface area contributed by atoms with Gasteiger partial charge in [0, 0.05) is 42.7 Å². The highest BCUT2D eigenvalue weighted by molar-refractivity contribution is 6.02. The van der Waals surface area contributed by atoms with Crippen molar-refractivity contribution in [2.24, 2.45) is 0 Å². The van der Waals surface area contributed by atoms with Gasteiger partial charge in [-0.2, -0.15) is 0 Å². The van der Waals surface area contributed by atoms with Crippen molar-refractivity contribution in [2.75, 3.05) is 13.1 Å². The average Bonchev–Trinajstić information content (AvgIpc) is 3.23. The summed E-state index contributed by atoms with van der Waals surface area (Å²) in [5.41, 5.74) is 1.52. The second-order valence-corrected chi connectivity index (χ2v) is 9.84. The molecule has 9 nitrogen and oxygen atoms in total. The Morgan fingerprint density at radius 1 is 0.949 bits per heavy atom. The van der Waals surface area contributed by atoms with Crippen molar-refractivity contribution in [3.05, 3.63) is 93.8 Å². The largest absolute Gasteiger partial charge is 0.440 e. The number of imidazole rings is 1. The Morgan fingerprint density at radius 2 is 1.72 bits per heavy atom. The van der Waals surface area contributed by atoms with Crippen LogP contribution in [0.25, 0.3) is 11.2 Å². The molecule has 2 aliphatic rings. The molecule has 1 N–H and O–H groups in total. The highest BCUT2D eigenvalue weighted by atomic mass is 19.2. The lowest BCUT2D eigenvalue weighted by atomic mass is 9.88. The third-order valence-corrected chi connectivity index (χ3v) is 7.62. The molecule has 4 heterocycles. The van der Waals surface area contributed by atoms with Gasteiger partial charge in [0.15, 0.2) is 23.1 Å². The van der Waals surface area contributed by atoms with Gasteiger partial charge in [-0.15, -0.1) is 0 Å². The molecule has 2 atom stereocenters. The molecular formula is C28H25F2N5O4. The molecule has 0 saturated carbocycles. The quantitative estimate of drug-likeness (QED) is 0.383. The van der Waals surface area contributed by atoms with E-state index in [2.05, 4.69) is 15.0 Å². The Labute approximate surface area is 221 Å². The molecule has 200 valence electrons. The number of rotatable bonds is 3. The maximum atomic E-state index is 14.6. The van der Waals surface area contributed by atoms with Gasteiger partial charge in [-0.3, -0.25) is 19.3 Å². The summed E-state index contributed by atoms with van der Waals surface area (Å²) in [5.74, 6) is -3.38. The van der Waals surface area contributed by atoms with E-state index in [4.69, 9.17) is 4.74 Å². The van der Waals surface area contributed by atoms with Crippen molar-refractivity contribution in [1.82, 2.24) is 24.4 Å². The molecule has 1 aliphatic heterocycles. The van der Waals surface area contributed by atoms with Crippen molar-refractivity contribution in [3.63, 3.8) is 0 Å². The molecule has 3 aromatic heterocycles. The molecule has 11 heteroatoms. The fourth-order valence-electron chi connectivity index (χ4n) is 5.68. The Morgan fingerprint density at radius 3 is 2.54 bits per heavy atom. The lowest BCUT2D eigenvalue weighted by Crippen LogP contribution is -2.41. The number of H-pyrrole nitrogens is 1. The van der Waals surface area contributed by atoms with Gasteiger partial charge in [0.2, 0.25) is 0 Å². The zero-order valence-electron chi connectivity index (χ0n) is 20.8. The molecule has 4 aromatic rings. The standard InChI is InChI=1S/C28H25F2N5O4/c29-20-6-1-4-17(23(20)30)18-8-9-22(24-19(25(18)36)5-2-12-31-24)39-28(38)34-14-10-16(11-15-34)35-21-7-3-13-32-26(21)33-27(35)37/h1-7,12-13,16,18,22H,8-11,14-15H2,(H,32,33,37)/t18?,22-/m1/s1. The van der Waals surface area contributed by atoms with Crippen LogP contribution in [0.3, 0.4) is 0 Å². The van der Waals surface area contributed by atoms with Crippen LogP contribution in [0.4, 0.5) is 13.6 Å². The topological polar surface area (TPSA) is 110 Å². The monoisotopic (exact) mass is 533 g/mol. The molecule has 39 heavy (non-hydrogen) atoms.